The lowest BCUT2D eigenvalue weighted by atomic mass is 10.3. The van der Waals surface area contributed by atoms with Crippen molar-refractivity contribution in [1.29, 1.82) is 0 Å². The number of aromatic nitrogens is 2. The number of halogens is 1. The van der Waals surface area contributed by atoms with Crippen LogP contribution in [-0.2, 0) is 0 Å². The molecule has 6 nitrogen and oxygen atoms in total. The predicted molar refractivity (Wildman–Crippen MR) is 66.9 cm³/mol. The molecular weight excluding hydrogens is 262 g/mol. The lowest BCUT2D eigenvalue weighted by molar-refractivity contribution is 0.468. The van der Waals surface area contributed by atoms with Crippen molar-refractivity contribution >= 4 is 35.4 Å². The van der Waals surface area contributed by atoms with Crippen molar-refractivity contribution in [3.05, 3.63) is 29.4 Å². The van der Waals surface area contributed by atoms with Crippen molar-refractivity contribution < 1.29 is 4.74 Å². The van der Waals surface area contributed by atoms with E-state index in [-0.39, 0.29) is 5.15 Å². The van der Waals surface area contributed by atoms with Gasteiger partial charge in [-0.2, -0.15) is 4.37 Å². The zero-order valence-corrected chi connectivity index (χ0v) is 10.1. The standard InChI is InChI=1S/C9H8ClN5OS/c10-8-9(15-17-14-8)16-7-3-1-6(2-4-7)12-5-13-11/h1-5H,11H2,(H,12,13). The molecule has 2 rings (SSSR count). The largest absolute Gasteiger partial charge is 0.436 e. The molecule has 0 radical (unpaired) electrons. The smallest absolute Gasteiger partial charge is 0.270 e. The second-order valence-electron chi connectivity index (χ2n) is 2.88. The summed E-state index contributed by atoms with van der Waals surface area (Å²) in [7, 11) is 0. The molecule has 0 unspecified atom stereocenters. The van der Waals surface area contributed by atoms with Crippen LogP contribution in [0.4, 0.5) is 5.69 Å². The van der Waals surface area contributed by atoms with E-state index in [1.165, 1.54) is 6.34 Å². The second-order valence-corrected chi connectivity index (χ2v) is 3.77. The summed E-state index contributed by atoms with van der Waals surface area (Å²) in [5.74, 6) is 5.97. The van der Waals surface area contributed by atoms with Gasteiger partial charge in [0.1, 0.15) is 12.1 Å². The number of ether oxygens (including phenoxy) is 1. The summed E-state index contributed by atoms with van der Waals surface area (Å²) in [6, 6.07) is 7.05. The lowest BCUT2D eigenvalue weighted by Crippen LogP contribution is -2.18. The maximum Gasteiger partial charge on any atom is 0.270 e. The third-order valence-electron chi connectivity index (χ3n) is 1.76. The van der Waals surface area contributed by atoms with Gasteiger partial charge in [0.2, 0.25) is 5.15 Å². The number of benzene rings is 1. The molecule has 0 saturated carbocycles. The highest BCUT2D eigenvalue weighted by Gasteiger charge is 2.07. The number of hydrogen-bond donors (Lipinski definition) is 2. The first-order chi connectivity index (χ1) is 8.29. The number of nitrogens with zero attached hydrogens (tertiary/aromatic N) is 3. The predicted octanol–water partition coefficient (Wildman–Crippen LogP) is 2.11. The number of nitrogens with one attached hydrogen (secondary N) is 1. The van der Waals surface area contributed by atoms with Crippen LogP contribution < -0.4 is 16.0 Å². The van der Waals surface area contributed by atoms with E-state index in [1.54, 1.807) is 24.3 Å². The Morgan fingerprint density at radius 2 is 2.12 bits per heavy atom. The zero-order chi connectivity index (χ0) is 12.1. The Morgan fingerprint density at radius 3 is 2.71 bits per heavy atom. The molecule has 1 aromatic heterocycles. The molecule has 0 aliphatic carbocycles. The van der Waals surface area contributed by atoms with Gasteiger partial charge in [-0.25, -0.2) is 10.8 Å². The Bertz CT molecular complexity index is 512. The van der Waals surface area contributed by atoms with Gasteiger partial charge >= 0.3 is 0 Å². The highest BCUT2D eigenvalue weighted by atomic mass is 35.5. The average molecular weight is 270 g/mol. The van der Waals surface area contributed by atoms with Gasteiger partial charge in [0.15, 0.2) is 0 Å². The molecule has 2 aromatic rings. The summed E-state index contributed by atoms with van der Waals surface area (Å²) >= 11 is 6.75. The normalized spacial score (nSPS) is 10.7. The molecule has 3 N–H and O–H groups in total. The highest BCUT2D eigenvalue weighted by Crippen LogP contribution is 2.27. The minimum atomic E-state index is 0.254. The fraction of sp³-hybridized carbons (Fsp3) is 0. The van der Waals surface area contributed by atoms with E-state index >= 15 is 0 Å². The Balaban J connectivity index is 2.08. The molecule has 0 aliphatic heterocycles. The molecule has 17 heavy (non-hydrogen) atoms. The maximum absolute atomic E-state index is 5.76. The summed E-state index contributed by atoms with van der Waals surface area (Å²) < 4.78 is 13.1. The number of hydrazine groups is 1. The summed E-state index contributed by atoms with van der Waals surface area (Å²) in [5.41, 5.74) is 3.07. The van der Waals surface area contributed by atoms with Crippen LogP contribution in [0.3, 0.4) is 0 Å². The number of nitrogens with two attached hydrogens (primary N) is 1. The van der Waals surface area contributed by atoms with Gasteiger partial charge in [-0.15, -0.1) is 4.37 Å². The third kappa shape index (κ3) is 3.13. The first-order valence-corrected chi connectivity index (χ1v) is 5.65. The summed E-state index contributed by atoms with van der Waals surface area (Å²) in [4.78, 5) is 4.01. The van der Waals surface area contributed by atoms with Crippen LogP contribution in [-0.4, -0.2) is 15.1 Å². The summed E-state index contributed by atoms with van der Waals surface area (Å²) in [6.07, 6.45) is 1.39. The fourth-order valence-corrected chi connectivity index (χ4v) is 1.67. The van der Waals surface area contributed by atoms with Gasteiger partial charge < -0.3 is 10.2 Å². The minimum absolute atomic E-state index is 0.254. The quantitative estimate of drug-likeness (QED) is 0.384. The van der Waals surface area contributed by atoms with Crippen molar-refractivity contribution in [1.82, 2.24) is 14.2 Å². The second kappa shape index (κ2) is 5.58. The van der Waals surface area contributed by atoms with Crippen molar-refractivity contribution in [2.45, 2.75) is 0 Å². The molecule has 1 heterocycles. The molecule has 0 fully saturated rings. The van der Waals surface area contributed by atoms with Gasteiger partial charge in [-0.3, -0.25) is 0 Å². The SMILES string of the molecule is NNC=Nc1ccc(Oc2nsnc2Cl)cc1. The first kappa shape index (κ1) is 11.8. The van der Waals surface area contributed by atoms with Gasteiger partial charge in [-0.05, 0) is 24.3 Å². The highest BCUT2D eigenvalue weighted by molar-refractivity contribution is 6.99. The number of rotatable bonds is 4. The zero-order valence-electron chi connectivity index (χ0n) is 8.50. The number of hydrogen-bond acceptors (Lipinski definition) is 6. The van der Waals surface area contributed by atoms with Crippen LogP contribution in [0.1, 0.15) is 0 Å². The van der Waals surface area contributed by atoms with E-state index in [1.807, 2.05) is 0 Å². The van der Waals surface area contributed by atoms with Crippen LogP contribution in [0.5, 0.6) is 11.6 Å². The summed E-state index contributed by atoms with van der Waals surface area (Å²) in [6.45, 7) is 0. The van der Waals surface area contributed by atoms with E-state index in [9.17, 15) is 0 Å². The van der Waals surface area contributed by atoms with E-state index in [0.717, 1.165) is 17.4 Å². The van der Waals surface area contributed by atoms with Crippen LogP contribution in [0.15, 0.2) is 29.3 Å². The van der Waals surface area contributed by atoms with Gasteiger partial charge in [-0.1, -0.05) is 11.6 Å². The molecule has 0 spiro atoms. The summed E-state index contributed by atoms with van der Waals surface area (Å²) in [5, 5.41) is 0.254. The third-order valence-corrected chi connectivity index (χ3v) is 2.62. The topological polar surface area (TPSA) is 85.4 Å². The fourth-order valence-electron chi connectivity index (χ4n) is 1.05. The molecular formula is C9H8ClN5OS. The molecule has 0 saturated heterocycles. The Hall–Kier alpha value is -1.70. The molecule has 8 heteroatoms. The molecule has 0 atom stereocenters. The monoisotopic (exact) mass is 269 g/mol. The molecule has 0 aliphatic rings. The molecule has 0 amide bonds. The van der Waals surface area contributed by atoms with E-state index in [2.05, 4.69) is 19.2 Å². The van der Waals surface area contributed by atoms with Crippen molar-refractivity contribution in [2.75, 3.05) is 0 Å². The Kier molecular flexibility index (Phi) is 3.86. The molecule has 0 bridgehead atoms. The average Bonchev–Trinajstić information content (AvgIpc) is 2.74. The minimum Gasteiger partial charge on any atom is -0.436 e. The van der Waals surface area contributed by atoms with Crippen LogP contribution in [0.2, 0.25) is 5.15 Å². The van der Waals surface area contributed by atoms with E-state index < -0.39 is 0 Å². The van der Waals surface area contributed by atoms with Crippen LogP contribution >= 0.6 is 23.3 Å². The van der Waals surface area contributed by atoms with Crippen LogP contribution in [0, 0.1) is 0 Å². The van der Waals surface area contributed by atoms with Gasteiger partial charge in [0, 0.05) is 0 Å². The van der Waals surface area contributed by atoms with Gasteiger partial charge in [0.25, 0.3) is 5.88 Å². The first-order valence-electron chi connectivity index (χ1n) is 4.54. The molecule has 1 aromatic carbocycles. The van der Waals surface area contributed by atoms with Crippen molar-refractivity contribution in [2.24, 2.45) is 10.8 Å². The molecule has 88 valence electrons. The Morgan fingerprint density at radius 1 is 1.35 bits per heavy atom. The maximum atomic E-state index is 5.76. The van der Waals surface area contributed by atoms with E-state index in [0.29, 0.717) is 11.6 Å². The van der Waals surface area contributed by atoms with Crippen molar-refractivity contribution in [3.8, 4) is 11.6 Å². The van der Waals surface area contributed by atoms with Crippen LogP contribution in [0.25, 0.3) is 0 Å². The van der Waals surface area contributed by atoms with E-state index in [4.69, 9.17) is 22.2 Å². The lowest BCUT2D eigenvalue weighted by Gasteiger charge is -2.01. The van der Waals surface area contributed by atoms with Crippen molar-refractivity contribution in [3.63, 3.8) is 0 Å². The van der Waals surface area contributed by atoms with Gasteiger partial charge in [0.05, 0.1) is 17.4 Å². The Labute approximate surface area is 106 Å². The number of aliphatic imine (C=N–C) groups is 1.